The van der Waals surface area contributed by atoms with Crippen LogP contribution in [0.5, 0.6) is 0 Å². The lowest BCUT2D eigenvalue weighted by atomic mass is 9.85. The minimum absolute atomic E-state index is 0.242. The van der Waals surface area contributed by atoms with Gasteiger partial charge in [-0.15, -0.1) is 0 Å². The molecular weight excluding hydrogens is 341 g/mol. The molecule has 1 aromatic heterocycles. The van der Waals surface area contributed by atoms with Crippen LogP contribution < -0.4 is 5.32 Å². The minimum atomic E-state index is -0.499. The van der Waals surface area contributed by atoms with Crippen LogP contribution in [0.3, 0.4) is 0 Å². The molecule has 1 unspecified atom stereocenters. The molecule has 1 spiro atoms. The number of amides is 1. The number of benzene rings is 1. The number of ether oxygens (including phenoxy) is 1. The Morgan fingerprint density at radius 1 is 1.48 bits per heavy atom. The Morgan fingerprint density at radius 3 is 3.16 bits per heavy atom. The van der Waals surface area contributed by atoms with E-state index in [0.717, 1.165) is 25.9 Å². The summed E-state index contributed by atoms with van der Waals surface area (Å²) in [6.45, 7) is 4.17. The Kier molecular flexibility index (Phi) is 4.31. The molecule has 0 aliphatic carbocycles. The second-order valence-corrected chi connectivity index (χ2v) is 7.75. The van der Waals surface area contributed by atoms with Gasteiger partial charge in [0, 0.05) is 20.0 Å². The van der Waals surface area contributed by atoms with E-state index in [1.165, 1.54) is 29.4 Å². The van der Waals surface area contributed by atoms with Crippen molar-refractivity contribution in [2.75, 3.05) is 18.4 Å². The van der Waals surface area contributed by atoms with Gasteiger partial charge in [-0.25, -0.2) is 0 Å². The second kappa shape index (κ2) is 6.48. The van der Waals surface area contributed by atoms with Crippen molar-refractivity contribution in [3.8, 4) is 0 Å². The standard InChI is InChI=1S/C18H20FN3O2S/c1-12(23)20-17-21-16(19)15(25-17)9-22-8-4-7-18(11-22)14-6-3-2-5-13(14)10-24-18/h2-3,5-6H,4,7-11H2,1H3,(H,20,21,23). The topological polar surface area (TPSA) is 54.5 Å². The Labute approximate surface area is 149 Å². The number of hydrogen-bond donors (Lipinski definition) is 1. The molecule has 1 N–H and O–H groups in total. The molecule has 132 valence electrons. The summed E-state index contributed by atoms with van der Waals surface area (Å²) in [5.41, 5.74) is 2.24. The summed E-state index contributed by atoms with van der Waals surface area (Å²) in [6.07, 6.45) is 2.00. The van der Waals surface area contributed by atoms with Gasteiger partial charge in [-0.3, -0.25) is 9.69 Å². The highest BCUT2D eigenvalue weighted by Crippen LogP contribution is 2.43. The first kappa shape index (κ1) is 16.6. The van der Waals surface area contributed by atoms with E-state index in [1.54, 1.807) is 0 Å². The number of carbonyl (C=O) groups excluding carboxylic acids is 1. The van der Waals surface area contributed by atoms with E-state index < -0.39 is 5.95 Å². The van der Waals surface area contributed by atoms with Crippen molar-refractivity contribution in [3.05, 3.63) is 46.2 Å². The third-order valence-corrected chi connectivity index (χ3v) is 5.78. The smallest absolute Gasteiger partial charge is 0.230 e. The summed E-state index contributed by atoms with van der Waals surface area (Å²) in [6, 6.07) is 8.36. The number of nitrogens with one attached hydrogen (secondary N) is 1. The van der Waals surface area contributed by atoms with Gasteiger partial charge in [-0.1, -0.05) is 35.6 Å². The first-order chi connectivity index (χ1) is 12.1. The van der Waals surface area contributed by atoms with Gasteiger partial charge in [-0.2, -0.15) is 9.37 Å². The maximum atomic E-state index is 14.1. The van der Waals surface area contributed by atoms with Gasteiger partial charge in [0.05, 0.1) is 11.5 Å². The van der Waals surface area contributed by atoms with Gasteiger partial charge in [0.2, 0.25) is 11.9 Å². The zero-order valence-electron chi connectivity index (χ0n) is 14.0. The van der Waals surface area contributed by atoms with E-state index in [2.05, 4.69) is 33.4 Å². The van der Waals surface area contributed by atoms with Crippen LogP contribution in [0.1, 0.15) is 35.8 Å². The Morgan fingerprint density at radius 2 is 2.32 bits per heavy atom. The van der Waals surface area contributed by atoms with Crippen LogP contribution in [0.4, 0.5) is 9.52 Å². The zero-order chi connectivity index (χ0) is 17.4. The molecule has 1 fully saturated rings. The summed E-state index contributed by atoms with van der Waals surface area (Å²) >= 11 is 1.20. The van der Waals surface area contributed by atoms with Gasteiger partial charge in [-0.05, 0) is 30.5 Å². The van der Waals surface area contributed by atoms with Crippen LogP contribution in [0.25, 0.3) is 0 Å². The van der Waals surface area contributed by atoms with Crippen LogP contribution in [-0.4, -0.2) is 28.9 Å². The largest absolute Gasteiger partial charge is 0.364 e. The number of thiazole rings is 1. The van der Waals surface area contributed by atoms with Gasteiger partial charge >= 0.3 is 0 Å². The summed E-state index contributed by atoms with van der Waals surface area (Å²) in [5.74, 6) is -0.741. The Hall–Kier alpha value is -1.83. The molecule has 0 radical (unpaired) electrons. The van der Waals surface area contributed by atoms with Crippen molar-refractivity contribution in [1.82, 2.24) is 9.88 Å². The summed E-state index contributed by atoms with van der Waals surface area (Å²) in [5, 5.41) is 2.86. The average Bonchev–Trinajstić information content (AvgIpc) is 3.09. The van der Waals surface area contributed by atoms with E-state index in [9.17, 15) is 9.18 Å². The highest BCUT2D eigenvalue weighted by atomic mass is 32.1. The molecule has 0 saturated carbocycles. The Bertz CT molecular complexity index is 805. The molecule has 4 rings (SSSR count). The van der Waals surface area contributed by atoms with Crippen LogP contribution in [-0.2, 0) is 28.3 Å². The van der Waals surface area contributed by atoms with E-state index in [-0.39, 0.29) is 11.5 Å². The number of rotatable bonds is 3. The van der Waals surface area contributed by atoms with Crippen LogP contribution in [0.2, 0.25) is 0 Å². The lowest BCUT2D eigenvalue weighted by Crippen LogP contribution is -2.45. The normalized spacial score (nSPS) is 23.0. The first-order valence-corrected chi connectivity index (χ1v) is 9.25. The van der Waals surface area contributed by atoms with Crippen molar-refractivity contribution >= 4 is 22.4 Å². The molecule has 5 nitrogen and oxygen atoms in total. The number of fused-ring (bicyclic) bond motifs is 2. The fourth-order valence-electron chi connectivity index (χ4n) is 3.80. The van der Waals surface area contributed by atoms with Crippen molar-refractivity contribution < 1.29 is 13.9 Å². The summed E-state index contributed by atoms with van der Waals surface area (Å²) in [4.78, 5) is 17.7. The summed E-state index contributed by atoms with van der Waals surface area (Å²) < 4.78 is 20.3. The zero-order valence-corrected chi connectivity index (χ0v) is 14.9. The quantitative estimate of drug-likeness (QED) is 0.912. The predicted molar refractivity (Wildman–Crippen MR) is 93.8 cm³/mol. The van der Waals surface area contributed by atoms with E-state index >= 15 is 0 Å². The molecule has 1 saturated heterocycles. The minimum Gasteiger partial charge on any atom is -0.364 e. The number of aromatic nitrogens is 1. The van der Waals surface area contributed by atoms with E-state index in [4.69, 9.17) is 4.74 Å². The third-order valence-electron chi connectivity index (χ3n) is 4.85. The number of anilines is 1. The van der Waals surface area contributed by atoms with Gasteiger partial charge < -0.3 is 10.1 Å². The monoisotopic (exact) mass is 361 g/mol. The molecule has 2 aliphatic heterocycles. The molecular formula is C18H20FN3O2S. The Balaban J connectivity index is 1.51. The van der Waals surface area contributed by atoms with Crippen molar-refractivity contribution in [2.45, 2.75) is 38.5 Å². The SMILES string of the molecule is CC(=O)Nc1nc(F)c(CN2CCCC3(C2)OCc2ccccc23)s1. The molecule has 3 heterocycles. The lowest BCUT2D eigenvalue weighted by molar-refractivity contribution is -0.114. The van der Waals surface area contributed by atoms with Crippen LogP contribution in [0, 0.1) is 5.95 Å². The molecule has 7 heteroatoms. The van der Waals surface area contributed by atoms with Crippen molar-refractivity contribution in [1.29, 1.82) is 0 Å². The molecule has 0 bridgehead atoms. The average molecular weight is 361 g/mol. The highest BCUT2D eigenvalue weighted by Gasteiger charge is 2.43. The van der Waals surface area contributed by atoms with Crippen molar-refractivity contribution in [3.63, 3.8) is 0 Å². The van der Waals surface area contributed by atoms with Crippen LogP contribution in [0.15, 0.2) is 24.3 Å². The molecule has 1 amide bonds. The third kappa shape index (κ3) is 3.19. The predicted octanol–water partition coefficient (Wildman–Crippen LogP) is 3.26. The number of carbonyl (C=O) groups is 1. The molecule has 1 atom stereocenters. The number of hydrogen-bond acceptors (Lipinski definition) is 5. The fourth-order valence-corrected chi connectivity index (χ4v) is 4.73. The number of likely N-dealkylation sites (tertiary alicyclic amines) is 1. The highest BCUT2D eigenvalue weighted by molar-refractivity contribution is 7.15. The summed E-state index contributed by atoms with van der Waals surface area (Å²) in [7, 11) is 0. The molecule has 1 aromatic carbocycles. The molecule has 2 aliphatic rings. The van der Waals surface area contributed by atoms with Crippen LogP contribution >= 0.6 is 11.3 Å². The maximum Gasteiger partial charge on any atom is 0.230 e. The maximum absolute atomic E-state index is 14.1. The van der Waals surface area contributed by atoms with Gasteiger partial charge in [0.25, 0.3) is 0 Å². The molecule has 2 aromatic rings. The number of piperidine rings is 1. The first-order valence-electron chi connectivity index (χ1n) is 8.43. The van der Waals surface area contributed by atoms with E-state index in [1.807, 2.05) is 6.07 Å². The van der Waals surface area contributed by atoms with Gasteiger partial charge in [0.15, 0.2) is 5.13 Å². The number of halogens is 1. The number of nitrogens with zero attached hydrogens (tertiary/aromatic N) is 2. The van der Waals surface area contributed by atoms with Crippen molar-refractivity contribution in [2.24, 2.45) is 0 Å². The van der Waals surface area contributed by atoms with E-state index in [0.29, 0.717) is 23.2 Å². The lowest BCUT2D eigenvalue weighted by Gasteiger charge is -2.40. The second-order valence-electron chi connectivity index (χ2n) is 6.67. The molecule has 25 heavy (non-hydrogen) atoms. The van der Waals surface area contributed by atoms with Gasteiger partial charge in [0.1, 0.15) is 5.60 Å². The fraction of sp³-hybridized carbons (Fsp3) is 0.444.